The molecule has 0 radical (unpaired) electrons. The SMILES string of the molecule is CCC(CC)(CNC(=O)c1ncc(Cl)c(Cl)c1Cl)C(=O)O. The first-order valence-corrected chi connectivity index (χ1v) is 7.43. The number of amides is 1. The molecule has 0 saturated heterocycles. The second kappa shape index (κ2) is 7.29. The van der Waals surface area contributed by atoms with Crippen molar-refractivity contribution in [2.75, 3.05) is 6.54 Å². The van der Waals surface area contributed by atoms with Gasteiger partial charge in [-0.05, 0) is 12.8 Å². The normalized spacial score (nSPS) is 11.3. The Bertz CT molecular complexity index is 560. The molecular weight excluding hydrogens is 339 g/mol. The molecule has 0 bridgehead atoms. The summed E-state index contributed by atoms with van der Waals surface area (Å²) in [4.78, 5) is 27.3. The van der Waals surface area contributed by atoms with Gasteiger partial charge in [-0.1, -0.05) is 48.7 Å². The lowest BCUT2D eigenvalue weighted by atomic mass is 9.82. The average Bonchev–Trinajstić information content (AvgIpc) is 2.46. The number of hydrogen-bond acceptors (Lipinski definition) is 3. The fraction of sp³-hybridized carbons (Fsp3) is 0.462. The molecule has 2 N–H and O–H groups in total. The van der Waals surface area contributed by atoms with Crippen molar-refractivity contribution in [1.29, 1.82) is 0 Å². The molecule has 0 aliphatic heterocycles. The smallest absolute Gasteiger partial charge is 0.311 e. The molecule has 0 atom stereocenters. The van der Waals surface area contributed by atoms with Crippen molar-refractivity contribution in [1.82, 2.24) is 10.3 Å². The van der Waals surface area contributed by atoms with E-state index in [1.807, 2.05) is 0 Å². The zero-order chi connectivity index (χ0) is 16.2. The van der Waals surface area contributed by atoms with E-state index in [-0.39, 0.29) is 27.3 Å². The van der Waals surface area contributed by atoms with Crippen LogP contribution in [0.15, 0.2) is 6.20 Å². The van der Waals surface area contributed by atoms with Crippen LogP contribution in [0.3, 0.4) is 0 Å². The number of carbonyl (C=O) groups is 2. The van der Waals surface area contributed by atoms with Gasteiger partial charge in [0.15, 0.2) is 0 Å². The zero-order valence-electron chi connectivity index (χ0n) is 11.5. The Balaban J connectivity index is 2.92. The molecule has 1 heterocycles. The molecule has 0 aliphatic carbocycles. The van der Waals surface area contributed by atoms with Gasteiger partial charge >= 0.3 is 5.97 Å². The summed E-state index contributed by atoms with van der Waals surface area (Å²) in [5.41, 5.74) is -1.10. The highest BCUT2D eigenvalue weighted by Gasteiger charge is 2.35. The minimum atomic E-state index is -1.02. The number of hydrogen-bond donors (Lipinski definition) is 2. The van der Waals surface area contributed by atoms with Gasteiger partial charge in [0.25, 0.3) is 5.91 Å². The summed E-state index contributed by atoms with van der Waals surface area (Å²) in [6.07, 6.45) is 2.00. The van der Waals surface area contributed by atoms with Gasteiger partial charge in [0.2, 0.25) is 0 Å². The van der Waals surface area contributed by atoms with Gasteiger partial charge in [0, 0.05) is 12.7 Å². The third-order valence-corrected chi connectivity index (χ3v) is 4.77. The molecule has 8 heteroatoms. The molecule has 116 valence electrons. The van der Waals surface area contributed by atoms with Crippen molar-refractivity contribution in [3.63, 3.8) is 0 Å². The molecule has 0 aromatic carbocycles. The molecule has 1 amide bonds. The van der Waals surface area contributed by atoms with Crippen molar-refractivity contribution in [3.05, 3.63) is 27.0 Å². The van der Waals surface area contributed by atoms with Crippen LogP contribution >= 0.6 is 34.8 Å². The largest absolute Gasteiger partial charge is 0.481 e. The summed E-state index contributed by atoms with van der Waals surface area (Å²) >= 11 is 17.5. The van der Waals surface area contributed by atoms with Crippen molar-refractivity contribution in [2.45, 2.75) is 26.7 Å². The Morgan fingerprint density at radius 1 is 1.24 bits per heavy atom. The van der Waals surface area contributed by atoms with E-state index in [1.165, 1.54) is 6.20 Å². The van der Waals surface area contributed by atoms with Gasteiger partial charge in [0.05, 0.1) is 20.5 Å². The Labute approximate surface area is 137 Å². The number of nitrogens with one attached hydrogen (secondary N) is 1. The number of carboxylic acids is 1. The van der Waals surface area contributed by atoms with E-state index < -0.39 is 17.3 Å². The molecule has 0 unspecified atom stereocenters. The van der Waals surface area contributed by atoms with Crippen LogP contribution in [-0.4, -0.2) is 28.5 Å². The van der Waals surface area contributed by atoms with Crippen molar-refractivity contribution < 1.29 is 14.7 Å². The Morgan fingerprint density at radius 3 is 2.29 bits per heavy atom. The van der Waals surface area contributed by atoms with E-state index in [4.69, 9.17) is 34.8 Å². The first-order chi connectivity index (χ1) is 9.79. The Morgan fingerprint density at radius 2 is 1.81 bits per heavy atom. The number of rotatable bonds is 6. The highest BCUT2D eigenvalue weighted by atomic mass is 35.5. The van der Waals surface area contributed by atoms with Crippen LogP contribution in [0.2, 0.25) is 15.1 Å². The monoisotopic (exact) mass is 352 g/mol. The van der Waals surface area contributed by atoms with Crippen LogP contribution in [0, 0.1) is 5.41 Å². The quantitative estimate of drug-likeness (QED) is 0.818. The topological polar surface area (TPSA) is 79.3 Å². The van der Waals surface area contributed by atoms with Crippen LogP contribution in [-0.2, 0) is 4.79 Å². The van der Waals surface area contributed by atoms with Gasteiger partial charge in [-0.15, -0.1) is 0 Å². The van der Waals surface area contributed by atoms with Crippen LogP contribution < -0.4 is 5.32 Å². The lowest BCUT2D eigenvalue weighted by Gasteiger charge is -2.26. The summed E-state index contributed by atoms with van der Waals surface area (Å²) < 4.78 is 0. The van der Waals surface area contributed by atoms with E-state index in [9.17, 15) is 14.7 Å². The van der Waals surface area contributed by atoms with E-state index in [2.05, 4.69) is 10.3 Å². The maximum Gasteiger partial charge on any atom is 0.311 e. The molecule has 0 saturated carbocycles. The first kappa shape index (κ1) is 18.0. The lowest BCUT2D eigenvalue weighted by molar-refractivity contribution is -0.149. The Hall–Kier alpha value is -1.04. The molecule has 1 aromatic rings. The molecule has 1 aromatic heterocycles. The maximum atomic E-state index is 12.1. The van der Waals surface area contributed by atoms with Crippen LogP contribution in [0.25, 0.3) is 0 Å². The van der Waals surface area contributed by atoms with E-state index in [1.54, 1.807) is 13.8 Å². The average molecular weight is 354 g/mol. The van der Waals surface area contributed by atoms with Crippen LogP contribution in [0.5, 0.6) is 0 Å². The molecule has 0 aliphatic rings. The van der Waals surface area contributed by atoms with E-state index >= 15 is 0 Å². The summed E-state index contributed by atoms with van der Waals surface area (Å²) in [7, 11) is 0. The zero-order valence-corrected chi connectivity index (χ0v) is 13.8. The van der Waals surface area contributed by atoms with Gasteiger partial charge < -0.3 is 10.4 Å². The van der Waals surface area contributed by atoms with Crippen molar-refractivity contribution in [3.8, 4) is 0 Å². The van der Waals surface area contributed by atoms with Crippen LogP contribution in [0.4, 0.5) is 0 Å². The molecule has 5 nitrogen and oxygen atoms in total. The predicted molar refractivity (Wildman–Crippen MR) is 82.3 cm³/mol. The molecule has 0 fully saturated rings. The fourth-order valence-electron chi connectivity index (χ4n) is 1.81. The molecular formula is C13H15Cl3N2O3. The highest BCUT2D eigenvalue weighted by molar-refractivity contribution is 6.48. The lowest BCUT2D eigenvalue weighted by Crippen LogP contribution is -2.42. The summed E-state index contributed by atoms with van der Waals surface area (Å²) in [6.45, 7) is 3.49. The summed E-state index contributed by atoms with van der Waals surface area (Å²) in [5.74, 6) is -1.55. The third-order valence-electron chi connectivity index (χ3n) is 3.53. The number of carboxylic acid groups (broad SMARTS) is 1. The number of pyridine rings is 1. The number of halogens is 3. The fourth-order valence-corrected chi connectivity index (χ4v) is 2.38. The molecule has 1 rings (SSSR count). The van der Waals surface area contributed by atoms with E-state index in [0.717, 1.165) is 0 Å². The standard InChI is InChI=1S/C13H15Cl3N2O3/c1-3-13(4-2,12(20)21)6-18-11(19)10-9(16)8(15)7(14)5-17-10/h5H,3-4,6H2,1-2H3,(H,18,19)(H,20,21). The Kier molecular flexibility index (Phi) is 6.25. The van der Waals surface area contributed by atoms with Crippen molar-refractivity contribution >= 4 is 46.7 Å². The van der Waals surface area contributed by atoms with Gasteiger partial charge in [-0.25, -0.2) is 4.98 Å². The number of carbonyl (C=O) groups excluding carboxylic acids is 1. The predicted octanol–water partition coefficient (Wildman–Crippen LogP) is 3.66. The minimum Gasteiger partial charge on any atom is -0.481 e. The van der Waals surface area contributed by atoms with Crippen molar-refractivity contribution in [2.24, 2.45) is 5.41 Å². The second-order valence-electron chi connectivity index (χ2n) is 4.56. The van der Waals surface area contributed by atoms with Gasteiger partial charge in [-0.3, -0.25) is 9.59 Å². The summed E-state index contributed by atoms with van der Waals surface area (Å²) in [6, 6.07) is 0. The molecule has 21 heavy (non-hydrogen) atoms. The van der Waals surface area contributed by atoms with Gasteiger partial charge in [-0.2, -0.15) is 0 Å². The third kappa shape index (κ3) is 3.78. The number of nitrogens with zero attached hydrogens (tertiary/aromatic N) is 1. The maximum absolute atomic E-state index is 12.1. The highest BCUT2D eigenvalue weighted by Crippen LogP contribution is 2.31. The first-order valence-electron chi connectivity index (χ1n) is 6.30. The number of aliphatic carboxylic acids is 1. The van der Waals surface area contributed by atoms with Crippen LogP contribution in [0.1, 0.15) is 37.2 Å². The van der Waals surface area contributed by atoms with E-state index in [0.29, 0.717) is 12.8 Å². The van der Waals surface area contributed by atoms with Gasteiger partial charge in [0.1, 0.15) is 5.69 Å². The number of aromatic nitrogens is 1. The summed E-state index contributed by atoms with van der Waals surface area (Å²) in [5, 5.41) is 12.0. The second-order valence-corrected chi connectivity index (χ2v) is 5.72. The minimum absolute atomic E-state index is 0.0214. The molecule has 0 spiro atoms.